The SMILES string of the molecule is CCCCCCCCCc1cccc([O-])c1.CCCCCCCCCc1cccc([O-])c1.[Pb+2]. The summed E-state index contributed by atoms with van der Waals surface area (Å²) in [7, 11) is 0. The summed E-state index contributed by atoms with van der Waals surface area (Å²) in [5, 5.41) is 22.2. The van der Waals surface area contributed by atoms with Crippen molar-refractivity contribution < 1.29 is 10.2 Å². The van der Waals surface area contributed by atoms with Gasteiger partial charge in [0.15, 0.2) is 0 Å². The van der Waals surface area contributed by atoms with Gasteiger partial charge >= 0.3 is 27.3 Å². The molecule has 2 radical (unpaired) electrons. The first kappa shape index (κ1) is 32.0. The molecule has 2 aromatic carbocycles. The molecule has 0 aromatic heterocycles. The number of hydrogen-bond donors (Lipinski definition) is 0. The van der Waals surface area contributed by atoms with Crippen LogP contribution in [-0.2, 0) is 12.8 Å². The van der Waals surface area contributed by atoms with Crippen molar-refractivity contribution in [1.29, 1.82) is 0 Å². The van der Waals surface area contributed by atoms with Crippen molar-refractivity contribution in [3.63, 3.8) is 0 Å². The molecule has 2 aromatic rings. The van der Waals surface area contributed by atoms with Gasteiger partial charge in [-0.3, -0.25) is 0 Å². The minimum atomic E-state index is 0. The molecule has 0 aliphatic rings. The molecule has 0 bridgehead atoms. The van der Waals surface area contributed by atoms with E-state index in [9.17, 15) is 10.2 Å². The Morgan fingerprint density at radius 2 is 0.818 bits per heavy atom. The molecule has 182 valence electrons. The molecular formula is C30H46O2Pb. The predicted octanol–water partition coefficient (Wildman–Crippen LogP) is 7.73. The van der Waals surface area contributed by atoms with Gasteiger partial charge in [0.25, 0.3) is 0 Å². The Balaban J connectivity index is 0.000000602. The molecule has 2 rings (SSSR count). The Morgan fingerprint density at radius 3 is 1.15 bits per heavy atom. The molecule has 0 aliphatic carbocycles. The summed E-state index contributed by atoms with van der Waals surface area (Å²) in [4.78, 5) is 0. The molecule has 0 saturated heterocycles. The van der Waals surface area contributed by atoms with Crippen LogP contribution in [0.3, 0.4) is 0 Å². The summed E-state index contributed by atoms with van der Waals surface area (Å²) in [6, 6.07) is 14.6. The van der Waals surface area contributed by atoms with E-state index in [0.29, 0.717) is 0 Å². The predicted molar refractivity (Wildman–Crippen MR) is 141 cm³/mol. The average molecular weight is 646 g/mol. The van der Waals surface area contributed by atoms with E-state index in [4.69, 9.17) is 0 Å². The van der Waals surface area contributed by atoms with E-state index in [-0.39, 0.29) is 38.8 Å². The Bertz CT molecular complexity index is 627. The average Bonchev–Trinajstić information content (AvgIpc) is 2.78. The van der Waals surface area contributed by atoms with E-state index in [1.165, 1.54) is 101 Å². The van der Waals surface area contributed by atoms with Gasteiger partial charge in [0.05, 0.1) is 0 Å². The molecule has 0 amide bonds. The Hall–Kier alpha value is -1.04. The summed E-state index contributed by atoms with van der Waals surface area (Å²) in [5.74, 6) is 0.279. The second-order valence-corrected chi connectivity index (χ2v) is 9.04. The molecule has 0 aliphatic heterocycles. The van der Waals surface area contributed by atoms with Crippen molar-refractivity contribution in [2.24, 2.45) is 0 Å². The molecule has 2 nitrogen and oxygen atoms in total. The van der Waals surface area contributed by atoms with E-state index < -0.39 is 0 Å². The topological polar surface area (TPSA) is 46.1 Å². The third-order valence-electron chi connectivity index (χ3n) is 5.93. The Morgan fingerprint density at radius 1 is 0.485 bits per heavy atom. The Labute approximate surface area is 224 Å². The maximum absolute atomic E-state index is 11.1. The smallest absolute Gasteiger partial charge is 0.872 e. The quantitative estimate of drug-likeness (QED) is 0.139. The van der Waals surface area contributed by atoms with Crippen LogP contribution in [0.25, 0.3) is 0 Å². The van der Waals surface area contributed by atoms with Gasteiger partial charge in [-0.1, -0.05) is 139 Å². The van der Waals surface area contributed by atoms with E-state index in [2.05, 4.69) is 26.0 Å². The minimum absolute atomic E-state index is 0. The maximum atomic E-state index is 11.1. The summed E-state index contributed by atoms with van der Waals surface area (Å²) in [6.45, 7) is 4.49. The first-order valence-electron chi connectivity index (χ1n) is 13.2. The fraction of sp³-hybridized carbons (Fsp3) is 0.600. The van der Waals surface area contributed by atoms with Crippen LogP contribution in [-0.4, -0.2) is 27.3 Å². The van der Waals surface area contributed by atoms with Gasteiger partial charge in [-0.05, 0) is 36.8 Å². The van der Waals surface area contributed by atoms with Crippen LogP contribution in [0.4, 0.5) is 0 Å². The largest absolute Gasteiger partial charge is 2.00 e. The third-order valence-corrected chi connectivity index (χ3v) is 5.93. The molecule has 0 spiro atoms. The van der Waals surface area contributed by atoms with Crippen molar-refractivity contribution >= 4 is 27.3 Å². The van der Waals surface area contributed by atoms with E-state index in [0.717, 1.165) is 12.8 Å². The summed E-state index contributed by atoms with van der Waals surface area (Å²) < 4.78 is 0. The summed E-state index contributed by atoms with van der Waals surface area (Å²) in [6.07, 6.45) is 20.7. The molecule has 0 saturated carbocycles. The molecule has 0 fully saturated rings. The summed E-state index contributed by atoms with van der Waals surface area (Å²) >= 11 is 0. The molecule has 33 heavy (non-hydrogen) atoms. The van der Waals surface area contributed by atoms with Crippen LogP contribution in [0.1, 0.15) is 115 Å². The van der Waals surface area contributed by atoms with E-state index in [1.54, 1.807) is 24.3 Å². The standard InChI is InChI=1S/2C15H24O.Pb/c2*1-2-3-4-5-6-7-8-10-14-11-9-12-15(16)13-14;/h2*9,11-13,16H,2-8,10H2,1H3;/q;;+2/p-2. The molecule has 0 atom stereocenters. The zero-order valence-corrected chi connectivity index (χ0v) is 25.1. The fourth-order valence-electron chi connectivity index (χ4n) is 3.97. The zero-order chi connectivity index (χ0) is 23.3. The van der Waals surface area contributed by atoms with Gasteiger partial charge in [-0.25, -0.2) is 0 Å². The maximum Gasteiger partial charge on any atom is 2.00 e. The van der Waals surface area contributed by atoms with Gasteiger partial charge in [0.1, 0.15) is 0 Å². The third kappa shape index (κ3) is 19.0. The number of rotatable bonds is 16. The fourth-order valence-corrected chi connectivity index (χ4v) is 3.97. The van der Waals surface area contributed by atoms with Crippen LogP contribution in [0, 0.1) is 0 Å². The summed E-state index contributed by atoms with van der Waals surface area (Å²) in [5.41, 5.74) is 2.39. The number of aryl methyl sites for hydroxylation is 2. The van der Waals surface area contributed by atoms with Crippen LogP contribution in [0.5, 0.6) is 11.5 Å². The van der Waals surface area contributed by atoms with Gasteiger partial charge in [-0.2, -0.15) is 0 Å². The van der Waals surface area contributed by atoms with Crippen molar-refractivity contribution in [2.45, 2.75) is 117 Å². The number of benzene rings is 2. The van der Waals surface area contributed by atoms with Crippen molar-refractivity contribution in [3.05, 3.63) is 59.7 Å². The number of hydrogen-bond acceptors (Lipinski definition) is 2. The second-order valence-electron chi connectivity index (χ2n) is 9.04. The van der Waals surface area contributed by atoms with Gasteiger partial charge in [0.2, 0.25) is 0 Å². The van der Waals surface area contributed by atoms with Gasteiger partial charge in [0, 0.05) is 0 Å². The monoisotopic (exact) mass is 646 g/mol. The van der Waals surface area contributed by atoms with Crippen molar-refractivity contribution in [2.75, 3.05) is 0 Å². The second kappa shape index (κ2) is 22.7. The molecular weight excluding hydrogens is 600 g/mol. The van der Waals surface area contributed by atoms with Crippen molar-refractivity contribution in [3.8, 4) is 11.5 Å². The Kier molecular flexibility index (Phi) is 22.0. The normalized spacial score (nSPS) is 10.2. The van der Waals surface area contributed by atoms with E-state index in [1.807, 2.05) is 12.1 Å². The van der Waals surface area contributed by atoms with Crippen LogP contribution in [0.2, 0.25) is 0 Å². The first-order valence-corrected chi connectivity index (χ1v) is 13.2. The molecule has 0 unspecified atom stereocenters. The van der Waals surface area contributed by atoms with Crippen LogP contribution < -0.4 is 10.2 Å². The van der Waals surface area contributed by atoms with Gasteiger partial charge in [-0.15, -0.1) is 11.5 Å². The molecule has 3 heteroatoms. The molecule has 0 N–H and O–H groups in total. The zero-order valence-electron chi connectivity index (χ0n) is 21.2. The first-order chi connectivity index (χ1) is 15.7. The minimum Gasteiger partial charge on any atom is -0.872 e. The van der Waals surface area contributed by atoms with E-state index >= 15 is 0 Å². The van der Waals surface area contributed by atoms with Crippen LogP contribution >= 0.6 is 0 Å². The van der Waals surface area contributed by atoms with Crippen LogP contribution in [0.15, 0.2) is 48.5 Å². The van der Waals surface area contributed by atoms with Gasteiger partial charge < -0.3 is 10.2 Å². The van der Waals surface area contributed by atoms with Crippen molar-refractivity contribution in [1.82, 2.24) is 0 Å². The molecule has 0 heterocycles. The number of unbranched alkanes of at least 4 members (excludes halogenated alkanes) is 12.